The molecule has 0 aliphatic rings. The summed E-state index contributed by atoms with van der Waals surface area (Å²) in [6.45, 7) is 0. The van der Waals surface area contributed by atoms with E-state index in [1.807, 2.05) is 6.07 Å². The van der Waals surface area contributed by atoms with Crippen molar-refractivity contribution >= 4 is 43.6 Å². The Hall–Kier alpha value is -10.5. The molecule has 9 aromatic carbocycles. The van der Waals surface area contributed by atoms with E-state index in [9.17, 15) is 111 Å². The molecule has 0 unspecified atom stereocenters. The van der Waals surface area contributed by atoms with Crippen molar-refractivity contribution in [2.24, 2.45) is 0 Å². The van der Waals surface area contributed by atoms with E-state index in [1.54, 1.807) is 0 Å². The first kappa shape index (κ1) is 65.6. The predicted octanol–water partition coefficient (Wildman–Crippen LogP) is 23.6. The number of nitriles is 1. The Balaban J connectivity index is 1.16. The van der Waals surface area contributed by atoms with Crippen molar-refractivity contribution < 1.29 is 105 Å². The fourth-order valence-electron chi connectivity index (χ4n) is 11.9. The van der Waals surface area contributed by atoms with Gasteiger partial charge in [0.05, 0.1) is 83.5 Å². The van der Waals surface area contributed by atoms with Gasteiger partial charge in [0, 0.05) is 39.5 Å². The lowest BCUT2D eigenvalue weighted by atomic mass is 9.94. The molecule has 0 atom stereocenters. The molecule has 3 heterocycles. The van der Waals surface area contributed by atoms with Crippen molar-refractivity contribution in [2.45, 2.75) is 49.4 Å². The number of pyridine rings is 1. The average molecular weight is 1360 g/mol. The van der Waals surface area contributed by atoms with Gasteiger partial charge >= 0.3 is 49.4 Å². The number of halogens is 24. The number of aromatic nitrogens is 3. The summed E-state index contributed by atoms with van der Waals surface area (Å²) in [7, 11) is 0. The van der Waals surface area contributed by atoms with Gasteiger partial charge in [-0.25, -0.2) is 0 Å². The Kier molecular flexibility index (Phi) is 15.3. The second kappa shape index (κ2) is 22.3. The topological polar surface area (TPSA) is 46.5 Å². The summed E-state index contributed by atoms with van der Waals surface area (Å²) in [4.78, 5) is 4.06. The standard InChI is InChI=1S/C68H30F24N4/c69-61(70,71)38-5-9-42(51(26-38)65(81,82)83)33-1-13-55-47(21-33)48-22-34(43-10-6-39(62(72,73)74)27-52(43)66(84,85)86)2-14-56(48)95(55)59-30-46(32-17-19-94-20-18-32)60(25-37(59)31-93)96-57-15-3-35(44-11-7-40(63(75,76)77)28-53(44)67(87,88)89)23-49(57)50-24-36(4-16-58(50)96)45-12-8-41(64(78,79)80)29-54(45)68(90,91)92/h1-30H. The molecule has 0 aliphatic carbocycles. The van der Waals surface area contributed by atoms with Crippen molar-refractivity contribution in [3.63, 3.8) is 0 Å². The monoisotopic (exact) mass is 1360 g/mol. The third-order valence-corrected chi connectivity index (χ3v) is 16.1. The van der Waals surface area contributed by atoms with E-state index >= 15 is 0 Å². The summed E-state index contributed by atoms with van der Waals surface area (Å²) in [5.74, 6) is 0. The van der Waals surface area contributed by atoms with Crippen LogP contribution in [-0.2, 0) is 49.4 Å². The molecule has 0 saturated carbocycles. The summed E-state index contributed by atoms with van der Waals surface area (Å²) in [6, 6.07) is 23.5. The third-order valence-electron chi connectivity index (χ3n) is 16.1. The predicted molar refractivity (Wildman–Crippen MR) is 305 cm³/mol. The van der Waals surface area contributed by atoms with Crippen LogP contribution in [0.4, 0.5) is 105 Å². The average Bonchev–Trinajstić information content (AvgIpc) is 1.56. The molecule has 0 saturated heterocycles. The van der Waals surface area contributed by atoms with Crippen LogP contribution in [0.15, 0.2) is 182 Å². The van der Waals surface area contributed by atoms with Crippen LogP contribution in [0.5, 0.6) is 0 Å². The molecular formula is C68H30F24N4. The molecule has 0 N–H and O–H groups in total. The molecular weight excluding hydrogens is 1330 g/mol. The molecule has 0 amide bonds. The lowest BCUT2D eigenvalue weighted by Gasteiger charge is -2.19. The number of rotatable bonds is 7. The van der Waals surface area contributed by atoms with Crippen LogP contribution in [0.1, 0.15) is 50.1 Å². The SMILES string of the molecule is N#Cc1cc(-n2c3ccc(-c4ccc(C(F)(F)F)cc4C(F)(F)F)cc3c3cc(-c4ccc(C(F)(F)F)cc4C(F)(F)F)ccc32)c(-c2ccncc2)cc1-n1c2ccc(-c3ccc(C(F)(F)F)cc3C(F)(F)F)cc2c2cc(-c3ccc(C(F)(F)F)cc3C(F)(F)F)ccc21. The number of fused-ring (bicyclic) bond motifs is 6. The summed E-state index contributed by atoms with van der Waals surface area (Å²) in [5.41, 5.74) is -19.5. The van der Waals surface area contributed by atoms with Crippen molar-refractivity contribution in [3.8, 4) is 73.1 Å². The number of hydrogen-bond donors (Lipinski definition) is 0. The highest BCUT2D eigenvalue weighted by molar-refractivity contribution is 6.14. The molecule has 490 valence electrons. The summed E-state index contributed by atoms with van der Waals surface area (Å²) >= 11 is 0. The molecule has 12 rings (SSSR count). The quantitative estimate of drug-likeness (QED) is 0.149. The number of nitrogens with zero attached hydrogens (tertiary/aromatic N) is 4. The zero-order valence-corrected chi connectivity index (χ0v) is 47.2. The molecule has 0 fully saturated rings. The highest BCUT2D eigenvalue weighted by Crippen LogP contribution is 2.50. The first-order chi connectivity index (χ1) is 44.6. The summed E-state index contributed by atoms with van der Waals surface area (Å²) in [5, 5.41) is 10.6. The van der Waals surface area contributed by atoms with Crippen LogP contribution < -0.4 is 0 Å². The normalized spacial score (nSPS) is 13.2. The maximum Gasteiger partial charge on any atom is 0.417 e. The Labute approximate surface area is 521 Å². The van der Waals surface area contributed by atoms with Gasteiger partial charge < -0.3 is 9.13 Å². The van der Waals surface area contributed by atoms with E-state index in [1.165, 1.54) is 57.9 Å². The maximum absolute atomic E-state index is 14.8. The van der Waals surface area contributed by atoms with E-state index in [0.717, 1.165) is 60.7 Å². The second-order valence-electron chi connectivity index (χ2n) is 21.9. The fourth-order valence-corrected chi connectivity index (χ4v) is 11.9. The van der Waals surface area contributed by atoms with Gasteiger partial charge in [-0.3, -0.25) is 4.98 Å². The van der Waals surface area contributed by atoms with Crippen LogP contribution in [0.3, 0.4) is 0 Å². The van der Waals surface area contributed by atoms with Gasteiger partial charge in [0.1, 0.15) is 6.07 Å². The van der Waals surface area contributed by atoms with Crippen molar-refractivity contribution in [2.75, 3.05) is 0 Å². The minimum atomic E-state index is -5.46. The Morgan fingerprint density at radius 3 is 0.781 bits per heavy atom. The highest BCUT2D eigenvalue weighted by Gasteiger charge is 2.43. The number of alkyl halides is 24. The molecule has 0 spiro atoms. The summed E-state index contributed by atoms with van der Waals surface area (Å²) < 4.78 is 347. The van der Waals surface area contributed by atoms with Gasteiger partial charge in [-0.1, -0.05) is 48.5 Å². The first-order valence-electron chi connectivity index (χ1n) is 27.4. The van der Waals surface area contributed by atoms with Crippen molar-refractivity contribution in [1.82, 2.24) is 14.1 Å². The number of benzene rings is 9. The Morgan fingerprint density at radius 2 is 0.531 bits per heavy atom. The van der Waals surface area contributed by atoms with Crippen LogP contribution in [0.2, 0.25) is 0 Å². The highest BCUT2D eigenvalue weighted by atomic mass is 19.4. The van der Waals surface area contributed by atoms with Gasteiger partial charge in [0.2, 0.25) is 0 Å². The van der Waals surface area contributed by atoms with Gasteiger partial charge in [-0.05, 0) is 171 Å². The van der Waals surface area contributed by atoms with E-state index in [2.05, 4.69) is 4.98 Å². The van der Waals surface area contributed by atoms with Crippen molar-refractivity contribution in [3.05, 3.63) is 232 Å². The minimum absolute atomic E-state index is 0.0462. The second-order valence-corrected chi connectivity index (χ2v) is 21.9. The lowest BCUT2D eigenvalue weighted by Crippen LogP contribution is -2.12. The third kappa shape index (κ3) is 11.8. The van der Waals surface area contributed by atoms with Gasteiger partial charge in [0.15, 0.2) is 0 Å². The van der Waals surface area contributed by atoms with Crippen molar-refractivity contribution in [1.29, 1.82) is 5.26 Å². The molecule has 3 aromatic heterocycles. The number of hydrogen-bond acceptors (Lipinski definition) is 2. The van der Waals surface area contributed by atoms with E-state index in [4.69, 9.17) is 0 Å². The summed E-state index contributed by atoms with van der Waals surface area (Å²) in [6.07, 6.45) is -40.4. The van der Waals surface area contributed by atoms with E-state index in [-0.39, 0.29) is 95.9 Å². The zero-order chi connectivity index (χ0) is 69.5. The van der Waals surface area contributed by atoms with Crippen LogP contribution in [0.25, 0.3) is 111 Å². The maximum atomic E-state index is 14.8. The van der Waals surface area contributed by atoms with E-state index in [0.29, 0.717) is 48.5 Å². The minimum Gasteiger partial charge on any atom is -0.309 e. The Morgan fingerprint density at radius 1 is 0.260 bits per heavy atom. The van der Waals surface area contributed by atoms with Crippen LogP contribution in [-0.4, -0.2) is 14.1 Å². The van der Waals surface area contributed by atoms with Crippen LogP contribution in [0, 0.1) is 11.3 Å². The molecule has 96 heavy (non-hydrogen) atoms. The smallest absolute Gasteiger partial charge is 0.309 e. The molecule has 12 aromatic rings. The fraction of sp³-hybridized carbons (Fsp3) is 0.118. The van der Waals surface area contributed by atoms with Gasteiger partial charge in [-0.15, -0.1) is 0 Å². The lowest BCUT2D eigenvalue weighted by molar-refractivity contribution is -0.144. The van der Waals surface area contributed by atoms with Crippen LogP contribution >= 0.6 is 0 Å². The molecule has 0 aliphatic heterocycles. The first-order valence-corrected chi connectivity index (χ1v) is 27.4. The van der Waals surface area contributed by atoms with Gasteiger partial charge in [-0.2, -0.15) is 111 Å². The van der Waals surface area contributed by atoms with Gasteiger partial charge in [0.25, 0.3) is 0 Å². The molecule has 28 heteroatoms. The molecule has 0 radical (unpaired) electrons. The molecule has 0 bridgehead atoms. The van der Waals surface area contributed by atoms with E-state index < -0.39 is 138 Å². The molecule has 4 nitrogen and oxygen atoms in total. The largest absolute Gasteiger partial charge is 0.417 e. The Bertz CT molecular complexity index is 4910. The zero-order valence-electron chi connectivity index (χ0n) is 47.2.